The molecule has 0 saturated heterocycles. The van der Waals surface area contributed by atoms with E-state index in [2.05, 4.69) is 10.1 Å². The number of benzene rings is 1. The van der Waals surface area contributed by atoms with E-state index < -0.39 is 16.8 Å². The largest absolute Gasteiger partial charge is 0.468 e. The van der Waals surface area contributed by atoms with Gasteiger partial charge in [-0.05, 0) is 0 Å². The molecule has 0 aromatic heterocycles. The molecular weight excluding hydrogens is 299 g/mol. The van der Waals surface area contributed by atoms with E-state index in [1.165, 1.54) is 0 Å². The zero-order chi connectivity index (χ0) is 14.6. The van der Waals surface area contributed by atoms with Gasteiger partial charge >= 0.3 is 5.97 Å². The summed E-state index contributed by atoms with van der Waals surface area (Å²) in [6, 6.07) is 2.00. The van der Waals surface area contributed by atoms with E-state index in [0.29, 0.717) is 0 Å². The first-order valence-corrected chi connectivity index (χ1v) is 5.61. The van der Waals surface area contributed by atoms with Crippen molar-refractivity contribution in [2.24, 2.45) is 0 Å². The van der Waals surface area contributed by atoms with Crippen molar-refractivity contribution in [1.82, 2.24) is 5.32 Å². The molecule has 1 amide bonds. The predicted molar refractivity (Wildman–Crippen MR) is 67.5 cm³/mol. The molecule has 102 valence electrons. The molecule has 0 aliphatic carbocycles. The Labute approximate surface area is 117 Å². The van der Waals surface area contributed by atoms with E-state index >= 15 is 0 Å². The maximum Gasteiger partial charge on any atom is 0.325 e. The van der Waals surface area contributed by atoms with Crippen LogP contribution in [0.4, 0.5) is 5.69 Å². The number of hydrogen-bond donors (Lipinski definition) is 1. The molecule has 9 heteroatoms. The normalized spacial score (nSPS) is 9.84. The predicted octanol–water partition coefficient (Wildman–Crippen LogP) is 1.80. The minimum absolute atomic E-state index is 0.126. The van der Waals surface area contributed by atoms with Crippen molar-refractivity contribution in [1.29, 1.82) is 0 Å². The lowest BCUT2D eigenvalue weighted by Gasteiger charge is -2.07. The summed E-state index contributed by atoms with van der Waals surface area (Å²) in [5.41, 5.74) is -0.567. The van der Waals surface area contributed by atoms with Crippen LogP contribution in [0.2, 0.25) is 10.0 Å². The van der Waals surface area contributed by atoms with Crippen LogP contribution in [0.1, 0.15) is 10.4 Å². The van der Waals surface area contributed by atoms with Gasteiger partial charge in [0.15, 0.2) is 0 Å². The van der Waals surface area contributed by atoms with Crippen molar-refractivity contribution in [2.45, 2.75) is 0 Å². The van der Waals surface area contributed by atoms with Crippen LogP contribution in [0.3, 0.4) is 0 Å². The van der Waals surface area contributed by atoms with Gasteiger partial charge in [0.2, 0.25) is 0 Å². The number of ether oxygens (including phenoxy) is 1. The highest BCUT2D eigenvalue weighted by Crippen LogP contribution is 2.30. The number of esters is 1. The Morgan fingerprint density at radius 2 is 2.05 bits per heavy atom. The minimum atomic E-state index is -0.763. The van der Waals surface area contributed by atoms with Crippen molar-refractivity contribution in [3.05, 3.63) is 37.9 Å². The number of non-ortho nitro benzene ring substituents is 1. The Bertz CT molecular complexity index is 547. The third-order valence-corrected chi connectivity index (χ3v) is 2.89. The van der Waals surface area contributed by atoms with Crippen LogP contribution in [0, 0.1) is 10.1 Å². The smallest absolute Gasteiger partial charge is 0.325 e. The van der Waals surface area contributed by atoms with Crippen molar-refractivity contribution in [3.8, 4) is 0 Å². The van der Waals surface area contributed by atoms with Gasteiger partial charge in [-0.15, -0.1) is 0 Å². The fraction of sp³-hybridized carbons (Fsp3) is 0.200. The van der Waals surface area contributed by atoms with E-state index in [1.54, 1.807) is 0 Å². The Kier molecular flexibility index (Phi) is 5.08. The highest BCUT2D eigenvalue weighted by atomic mass is 35.5. The number of nitro benzene ring substituents is 1. The second-order valence-corrected chi connectivity index (χ2v) is 4.09. The molecule has 0 aliphatic heterocycles. The molecule has 0 spiro atoms. The summed E-state index contributed by atoms with van der Waals surface area (Å²) in [6.07, 6.45) is 0. The van der Waals surface area contributed by atoms with E-state index in [4.69, 9.17) is 23.2 Å². The van der Waals surface area contributed by atoms with Gasteiger partial charge in [0.05, 0.1) is 27.6 Å². The van der Waals surface area contributed by atoms with Gasteiger partial charge in [0, 0.05) is 12.1 Å². The molecule has 1 N–H and O–H groups in total. The molecule has 0 saturated carbocycles. The Morgan fingerprint density at radius 3 is 2.58 bits per heavy atom. The first-order valence-electron chi connectivity index (χ1n) is 4.85. The summed E-state index contributed by atoms with van der Waals surface area (Å²) in [6.45, 7) is -0.383. The molecule has 0 heterocycles. The van der Waals surface area contributed by atoms with Crippen LogP contribution in [0.25, 0.3) is 0 Å². The average Bonchev–Trinajstić information content (AvgIpc) is 2.38. The number of hydrogen-bond acceptors (Lipinski definition) is 5. The van der Waals surface area contributed by atoms with Crippen LogP contribution >= 0.6 is 23.2 Å². The Hall–Kier alpha value is -1.86. The fourth-order valence-electron chi connectivity index (χ4n) is 1.17. The summed E-state index contributed by atoms with van der Waals surface area (Å²) in [4.78, 5) is 32.5. The zero-order valence-corrected chi connectivity index (χ0v) is 11.1. The quantitative estimate of drug-likeness (QED) is 0.519. The van der Waals surface area contributed by atoms with Gasteiger partial charge in [0.25, 0.3) is 11.6 Å². The second-order valence-electron chi connectivity index (χ2n) is 3.31. The van der Waals surface area contributed by atoms with Crippen molar-refractivity contribution in [2.75, 3.05) is 13.7 Å². The van der Waals surface area contributed by atoms with E-state index in [1.807, 2.05) is 0 Å². The van der Waals surface area contributed by atoms with E-state index in [-0.39, 0.29) is 27.8 Å². The van der Waals surface area contributed by atoms with Gasteiger partial charge in [-0.3, -0.25) is 19.7 Å². The monoisotopic (exact) mass is 306 g/mol. The maximum atomic E-state index is 11.7. The number of amides is 1. The lowest BCUT2D eigenvalue weighted by molar-refractivity contribution is -0.384. The lowest BCUT2D eigenvalue weighted by atomic mass is 10.2. The number of nitrogens with one attached hydrogen (secondary N) is 1. The fourth-order valence-corrected chi connectivity index (χ4v) is 1.57. The van der Waals surface area contributed by atoms with Crippen LogP contribution in [0.5, 0.6) is 0 Å². The molecule has 1 aromatic carbocycles. The molecule has 0 aliphatic rings. The summed E-state index contributed by atoms with van der Waals surface area (Å²) in [5, 5.41) is 12.6. The van der Waals surface area contributed by atoms with E-state index in [0.717, 1.165) is 19.2 Å². The molecule has 19 heavy (non-hydrogen) atoms. The average molecular weight is 307 g/mol. The molecule has 0 unspecified atom stereocenters. The van der Waals surface area contributed by atoms with Gasteiger partial charge in [-0.2, -0.15) is 0 Å². The summed E-state index contributed by atoms with van der Waals surface area (Å²) in [5.74, 6) is -1.43. The maximum absolute atomic E-state index is 11.7. The van der Waals surface area contributed by atoms with Crippen LogP contribution in [-0.2, 0) is 9.53 Å². The first-order chi connectivity index (χ1) is 8.86. The van der Waals surface area contributed by atoms with E-state index in [9.17, 15) is 19.7 Å². The highest BCUT2D eigenvalue weighted by molar-refractivity contribution is 6.44. The van der Waals surface area contributed by atoms with Gasteiger partial charge in [-0.1, -0.05) is 23.2 Å². The number of rotatable bonds is 4. The third kappa shape index (κ3) is 3.80. The number of halogens is 2. The number of nitrogens with zero attached hydrogens (tertiary/aromatic N) is 1. The van der Waals surface area contributed by atoms with Crippen molar-refractivity contribution < 1.29 is 19.2 Å². The highest BCUT2D eigenvalue weighted by Gasteiger charge is 2.19. The van der Waals surface area contributed by atoms with Crippen LogP contribution < -0.4 is 5.32 Å². The molecule has 1 aromatic rings. The van der Waals surface area contributed by atoms with Crippen molar-refractivity contribution in [3.63, 3.8) is 0 Å². The van der Waals surface area contributed by atoms with Gasteiger partial charge in [0.1, 0.15) is 6.54 Å². The summed E-state index contributed by atoms with van der Waals surface area (Å²) >= 11 is 11.5. The van der Waals surface area contributed by atoms with Gasteiger partial charge in [-0.25, -0.2) is 0 Å². The summed E-state index contributed by atoms with van der Waals surface area (Å²) in [7, 11) is 1.16. The van der Waals surface area contributed by atoms with Gasteiger partial charge < -0.3 is 10.1 Å². The minimum Gasteiger partial charge on any atom is -0.468 e. The molecule has 1 rings (SSSR count). The lowest BCUT2D eigenvalue weighted by Crippen LogP contribution is -2.30. The number of methoxy groups -OCH3 is 1. The second kappa shape index (κ2) is 6.35. The first kappa shape index (κ1) is 15.2. The summed E-state index contributed by atoms with van der Waals surface area (Å²) < 4.78 is 4.33. The van der Waals surface area contributed by atoms with Crippen molar-refractivity contribution >= 4 is 40.8 Å². The van der Waals surface area contributed by atoms with Crippen LogP contribution in [0.15, 0.2) is 12.1 Å². The topological polar surface area (TPSA) is 98.5 Å². The number of nitro groups is 1. The number of carbonyl (C=O) groups excluding carboxylic acids is 2. The zero-order valence-electron chi connectivity index (χ0n) is 9.61. The molecule has 0 atom stereocenters. The molecule has 0 bridgehead atoms. The molecule has 0 radical (unpaired) electrons. The van der Waals surface area contributed by atoms with Crippen LogP contribution in [-0.4, -0.2) is 30.5 Å². The third-order valence-electron chi connectivity index (χ3n) is 2.09. The Morgan fingerprint density at radius 1 is 1.42 bits per heavy atom. The molecular formula is C10H8Cl2N2O5. The molecule has 7 nitrogen and oxygen atoms in total. The standard InChI is InChI=1S/C10H8Cl2N2O5/c1-19-8(15)4-13-10(16)6-2-5(14(17)18)3-7(11)9(6)12/h2-3H,4H2,1H3,(H,13,16). The Balaban J connectivity index is 3.02. The SMILES string of the molecule is COC(=O)CNC(=O)c1cc([N+](=O)[O-])cc(Cl)c1Cl. The molecule has 0 fully saturated rings. The number of carbonyl (C=O) groups is 2.